The zero-order valence-electron chi connectivity index (χ0n) is 13.0. The molecule has 0 spiro atoms. The summed E-state index contributed by atoms with van der Waals surface area (Å²) in [5.41, 5.74) is 2.04. The number of carbonyl (C=O) groups excluding carboxylic acids is 2. The molecule has 0 saturated carbocycles. The van der Waals surface area contributed by atoms with Crippen LogP contribution in [0.5, 0.6) is 0 Å². The van der Waals surface area contributed by atoms with Crippen molar-refractivity contribution in [2.45, 2.75) is 13.0 Å². The van der Waals surface area contributed by atoms with Gasteiger partial charge >= 0.3 is 5.97 Å². The molecule has 7 heteroatoms. The minimum Gasteiger partial charge on any atom is -0.469 e. The molecular formula is C17H16N2O5. The normalized spacial score (nSPS) is 10.0. The minimum atomic E-state index is -0.432. The number of hydrogen-bond donors (Lipinski definition) is 1. The number of amides is 1. The van der Waals surface area contributed by atoms with Gasteiger partial charge in [-0.25, -0.2) is 0 Å². The molecule has 0 aromatic heterocycles. The SMILES string of the molecule is COC(=O)Cc1ccccc1NC(=O)c1ccc(C[N+](=O)[O-])cc1. The van der Waals surface area contributed by atoms with Crippen molar-refractivity contribution in [3.8, 4) is 0 Å². The van der Waals surface area contributed by atoms with Crippen LogP contribution in [-0.2, 0) is 22.5 Å². The molecule has 2 aromatic rings. The summed E-state index contributed by atoms with van der Waals surface area (Å²) >= 11 is 0. The summed E-state index contributed by atoms with van der Waals surface area (Å²) in [6.07, 6.45) is 0.0503. The van der Waals surface area contributed by atoms with Gasteiger partial charge in [-0.15, -0.1) is 0 Å². The van der Waals surface area contributed by atoms with E-state index in [-0.39, 0.29) is 18.9 Å². The van der Waals surface area contributed by atoms with Gasteiger partial charge in [0.15, 0.2) is 0 Å². The predicted octanol–water partition coefficient (Wildman–Crippen LogP) is 2.43. The van der Waals surface area contributed by atoms with E-state index in [1.807, 2.05) is 0 Å². The highest BCUT2D eigenvalue weighted by Crippen LogP contribution is 2.17. The second kappa shape index (κ2) is 7.87. The van der Waals surface area contributed by atoms with E-state index in [9.17, 15) is 19.7 Å². The van der Waals surface area contributed by atoms with Crippen LogP contribution in [0.1, 0.15) is 21.5 Å². The number of benzene rings is 2. The van der Waals surface area contributed by atoms with Gasteiger partial charge in [0.1, 0.15) is 0 Å². The van der Waals surface area contributed by atoms with Gasteiger partial charge in [0, 0.05) is 21.7 Å². The van der Waals surface area contributed by atoms with Crippen LogP contribution in [0.4, 0.5) is 5.69 Å². The fourth-order valence-corrected chi connectivity index (χ4v) is 2.13. The number of nitro groups is 1. The summed E-state index contributed by atoms with van der Waals surface area (Å²) in [5, 5.41) is 13.2. The lowest BCUT2D eigenvalue weighted by atomic mass is 10.1. The first-order valence-corrected chi connectivity index (χ1v) is 7.16. The van der Waals surface area contributed by atoms with Crippen LogP contribution in [-0.4, -0.2) is 23.9 Å². The predicted molar refractivity (Wildman–Crippen MR) is 87.3 cm³/mol. The molecule has 1 N–H and O–H groups in total. The van der Waals surface area contributed by atoms with Crippen molar-refractivity contribution in [2.24, 2.45) is 0 Å². The fourth-order valence-electron chi connectivity index (χ4n) is 2.13. The molecule has 7 nitrogen and oxygen atoms in total. The number of nitrogens with zero attached hydrogens (tertiary/aromatic N) is 1. The molecule has 0 aliphatic carbocycles. The van der Waals surface area contributed by atoms with E-state index in [2.05, 4.69) is 10.1 Å². The number of nitrogens with one attached hydrogen (secondary N) is 1. The van der Waals surface area contributed by atoms with E-state index in [1.165, 1.54) is 31.4 Å². The number of esters is 1. The van der Waals surface area contributed by atoms with E-state index in [0.717, 1.165) is 0 Å². The number of para-hydroxylation sites is 1. The standard InChI is InChI=1S/C17H16N2O5/c1-24-16(20)10-14-4-2-3-5-15(14)18-17(21)13-8-6-12(7-9-13)11-19(22)23/h2-9H,10-11H2,1H3,(H,18,21). The molecule has 24 heavy (non-hydrogen) atoms. The van der Waals surface area contributed by atoms with E-state index in [4.69, 9.17) is 0 Å². The fraction of sp³-hybridized carbons (Fsp3) is 0.176. The summed E-state index contributed by atoms with van der Waals surface area (Å²) in [5.74, 6) is -0.763. The lowest BCUT2D eigenvalue weighted by Gasteiger charge is -2.10. The summed E-state index contributed by atoms with van der Waals surface area (Å²) in [6, 6.07) is 13.1. The van der Waals surface area contributed by atoms with E-state index in [0.29, 0.717) is 22.4 Å². The third-order valence-electron chi connectivity index (χ3n) is 3.36. The largest absolute Gasteiger partial charge is 0.469 e. The molecule has 2 aromatic carbocycles. The number of hydrogen-bond acceptors (Lipinski definition) is 5. The van der Waals surface area contributed by atoms with Crippen molar-refractivity contribution in [1.82, 2.24) is 0 Å². The maximum Gasteiger partial charge on any atom is 0.310 e. The van der Waals surface area contributed by atoms with Crippen LogP contribution >= 0.6 is 0 Å². The van der Waals surface area contributed by atoms with Crippen molar-refractivity contribution < 1.29 is 19.2 Å². The van der Waals surface area contributed by atoms with Gasteiger partial charge in [-0.2, -0.15) is 0 Å². The van der Waals surface area contributed by atoms with Gasteiger partial charge in [-0.1, -0.05) is 30.3 Å². The number of carbonyl (C=O) groups is 2. The number of methoxy groups -OCH3 is 1. The van der Waals surface area contributed by atoms with Crippen molar-refractivity contribution in [1.29, 1.82) is 0 Å². The lowest BCUT2D eigenvalue weighted by molar-refractivity contribution is -0.496. The van der Waals surface area contributed by atoms with Crippen molar-refractivity contribution >= 4 is 17.6 Å². The van der Waals surface area contributed by atoms with Crippen molar-refractivity contribution in [3.63, 3.8) is 0 Å². The Labute approximate surface area is 138 Å². The Bertz CT molecular complexity index is 756. The van der Waals surface area contributed by atoms with Gasteiger partial charge in [-0.05, 0) is 23.8 Å². The third kappa shape index (κ3) is 4.64. The Morgan fingerprint density at radius 3 is 2.42 bits per heavy atom. The smallest absolute Gasteiger partial charge is 0.310 e. The Kier molecular flexibility index (Phi) is 5.62. The van der Waals surface area contributed by atoms with Crippen molar-refractivity contribution in [2.75, 3.05) is 12.4 Å². The van der Waals surface area contributed by atoms with Crippen LogP contribution in [0.15, 0.2) is 48.5 Å². The lowest BCUT2D eigenvalue weighted by Crippen LogP contribution is -2.15. The molecule has 0 aliphatic rings. The van der Waals surface area contributed by atoms with E-state index >= 15 is 0 Å². The van der Waals surface area contributed by atoms with Crippen LogP contribution in [0.3, 0.4) is 0 Å². The van der Waals surface area contributed by atoms with Crippen molar-refractivity contribution in [3.05, 3.63) is 75.3 Å². The zero-order valence-corrected chi connectivity index (χ0v) is 13.0. The summed E-state index contributed by atoms with van der Waals surface area (Å²) in [4.78, 5) is 33.8. The molecule has 124 valence electrons. The average molecular weight is 328 g/mol. The van der Waals surface area contributed by atoms with Gasteiger partial charge < -0.3 is 10.1 Å². The Hall–Kier alpha value is -3.22. The van der Waals surface area contributed by atoms with Crippen LogP contribution < -0.4 is 5.32 Å². The molecule has 0 radical (unpaired) electrons. The highest BCUT2D eigenvalue weighted by Gasteiger charge is 2.12. The van der Waals surface area contributed by atoms with Crippen LogP contribution in [0.25, 0.3) is 0 Å². The Morgan fingerprint density at radius 1 is 1.12 bits per heavy atom. The molecule has 0 fully saturated rings. The highest BCUT2D eigenvalue weighted by atomic mass is 16.6. The second-order valence-electron chi connectivity index (χ2n) is 5.05. The summed E-state index contributed by atoms with van der Waals surface area (Å²) in [6.45, 7) is -0.288. The molecule has 1 amide bonds. The Balaban J connectivity index is 2.12. The van der Waals surface area contributed by atoms with E-state index < -0.39 is 10.9 Å². The first-order chi connectivity index (χ1) is 11.5. The monoisotopic (exact) mass is 328 g/mol. The van der Waals surface area contributed by atoms with Crippen LogP contribution in [0, 0.1) is 10.1 Å². The van der Waals surface area contributed by atoms with Gasteiger partial charge in [-0.3, -0.25) is 19.7 Å². The average Bonchev–Trinajstić information content (AvgIpc) is 2.56. The molecule has 0 unspecified atom stereocenters. The maximum absolute atomic E-state index is 12.3. The quantitative estimate of drug-likeness (QED) is 0.499. The minimum absolute atomic E-state index is 0.0503. The van der Waals surface area contributed by atoms with Gasteiger partial charge in [0.25, 0.3) is 5.91 Å². The number of ether oxygens (including phenoxy) is 1. The summed E-state index contributed by atoms with van der Waals surface area (Å²) in [7, 11) is 1.30. The molecule has 0 atom stereocenters. The van der Waals surface area contributed by atoms with Gasteiger partial charge in [0.05, 0.1) is 13.5 Å². The molecule has 0 aliphatic heterocycles. The third-order valence-corrected chi connectivity index (χ3v) is 3.36. The second-order valence-corrected chi connectivity index (χ2v) is 5.05. The molecule has 0 saturated heterocycles. The first-order valence-electron chi connectivity index (χ1n) is 7.16. The molecular weight excluding hydrogens is 312 g/mol. The van der Waals surface area contributed by atoms with Crippen LogP contribution in [0.2, 0.25) is 0 Å². The first kappa shape index (κ1) is 17.1. The van der Waals surface area contributed by atoms with E-state index in [1.54, 1.807) is 24.3 Å². The highest BCUT2D eigenvalue weighted by molar-refractivity contribution is 6.04. The molecule has 2 rings (SSSR count). The maximum atomic E-state index is 12.3. The summed E-state index contributed by atoms with van der Waals surface area (Å²) < 4.78 is 4.64. The topological polar surface area (TPSA) is 98.5 Å². The van der Waals surface area contributed by atoms with Gasteiger partial charge in [0.2, 0.25) is 6.54 Å². The Morgan fingerprint density at radius 2 is 1.79 bits per heavy atom. The number of anilines is 1. The molecule has 0 heterocycles. The zero-order chi connectivity index (χ0) is 17.5. The number of rotatable bonds is 6. The molecule has 0 bridgehead atoms.